The highest BCUT2D eigenvalue weighted by molar-refractivity contribution is 9.11. The maximum absolute atomic E-state index is 4.75. The number of nitrogens with one attached hydrogen (secondary N) is 1. The van der Waals surface area contributed by atoms with Gasteiger partial charge in [-0.05, 0) is 22.9 Å². The van der Waals surface area contributed by atoms with Gasteiger partial charge >= 0.3 is 0 Å². The summed E-state index contributed by atoms with van der Waals surface area (Å²) < 4.78 is 5.79. The van der Waals surface area contributed by atoms with Crippen LogP contribution in [-0.2, 0) is 6.54 Å². The molecule has 6 heteroatoms. The van der Waals surface area contributed by atoms with Crippen LogP contribution in [0.1, 0.15) is 23.7 Å². The maximum Gasteiger partial charge on any atom is 0.124 e. The van der Waals surface area contributed by atoms with E-state index < -0.39 is 0 Å². The van der Waals surface area contributed by atoms with Gasteiger partial charge in [-0.25, -0.2) is 4.98 Å². The minimum Gasteiger partial charge on any atom is -0.364 e. The van der Waals surface area contributed by atoms with Gasteiger partial charge in [0.1, 0.15) is 11.3 Å². The average Bonchev–Trinajstić information content (AvgIpc) is 2.84. The molecule has 1 N–H and O–H groups in total. The number of hydrogen-bond acceptors (Lipinski definition) is 5. The van der Waals surface area contributed by atoms with Crippen LogP contribution in [0.5, 0.6) is 0 Å². The molecule has 0 fully saturated rings. The van der Waals surface area contributed by atoms with E-state index >= 15 is 0 Å². The van der Waals surface area contributed by atoms with E-state index in [1.54, 1.807) is 17.6 Å². The van der Waals surface area contributed by atoms with E-state index in [-0.39, 0.29) is 6.04 Å². The van der Waals surface area contributed by atoms with Crippen LogP contribution in [0.4, 0.5) is 0 Å². The molecule has 2 aromatic rings. The number of nitrogens with zero attached hydrogens (tertiary/aromatic N) is 2. The van der Waals surface area contributed by atoms with Crippen LogP contribution in [0.25, 0.3) is 0 Å². The van der Waals surface area contributed by atoms with E-state index in [4.69, 9.17) is 4.52 Å². The molecule has 0 aliphatic heterocycles. The number of halogens is 1. The largest absolute Gasteiger partial charge is 0.364 e. The molecule has 0 aliphatic carbocycles. The van der Waals surface area contributed by atoms with Crippen molar-refractivity contribution >= 4 is 27.3 Å². The third kappa shape index (κ3) is 2.87. The zero-order chi connectivity index (χ0) is 10.7. The van der Waals surface area contributed by atoms with Gasteiger partial charge in [-0.15, -0.1) is 11.3 Å². The van der Waals surface area contributed by atoms with Gasteiger partial charge in [0.2, 0.25) is 0 Å². The summed E-state index contributed by atoms with van der Waals surface area (Å²) in [7, 11) is 0. The Morgan fingerprint density at radius 3 is 3.13 bits per heavy atom. The normalized spacial score (nSPS) is 12.9. The lowest BCUT2D eigenvalue weighted by Crippen LogP contribution is -2.17. The molecule has 0 aromatic carbocycles. The lowest BCUT2D eigenvalue weighted by Gasteiger charge is -2.08. The van der Waals surface area contributed by atoms with Gasteiger partial charge in [0.25, 0.3) is 0 Å². The lowest BCUT2D eigenvalue weighted by atomic mass is 10.3. The monoisotopic (exact) mass is 287 g/mol. The van der Waals surface area contributed by atoms with Gasteiger partial charge in [-0.2, -0.15) is 0 Å². The molecule has 15 heavy (non-hydrogen) atoms. The lowest BCUT2D eigenvalue weighted by molar-refractivity contribution is 0.406. The van der Waals surface area contributed by atoms with Crippen LogP contribution in [0, 0.1) is 0 Å². The van der Waals surface area contributed by atoms with Crippen molar-refractivity contribution in [1.82, 2.24) is 15.5 Å². The van der Waals surface area contributed by atoms with Crippen molar-refractivity contribution in [3.05, 3.63) is 33.0 Å². The fourth-order valence-electron chi connectivity index (χ4n) is 1.14. The van der Waals surface area contributed by atoms with Gasteiger partial charge in [0, 0.05) is 12.6 Å². The topological polar surface area (TPSA) is 51.0 Å². The molecule has 0 spiro atoms. The van der Waals surface area contributed by atoms with E-state index in [0.29, 0.717) is 6.54 Å². The van der Waals surface area contributed by atoms with E-state index in [1.165, 1.54) is 0 Å². The Balaban J connectivity index is 1.90. The molecule has 80 valence electrons. The first-order valence-electron chi connectivity index (χ1n) is 4.49. The third-order valence-electron chi connectivity index (χ3n) is 1.95. The first-order chi connectivity index (χ1) is 7.25. The quantitative estimate of drug-likeness (QED) is 0.940. The van der Waals surface area contributed by atoms with Gasteiger partial charge in [0.15, 0.2) is 0 Å². The fourth-order valence-corrected chi connectivity index (χ4v) is 2.41. The molecule has 0 aliphatic rings. The SMILES string of the molecule is CC(NCc1ccon1)c1ncc(Br)s1. The van der Waals surface area contributed by atoms with Crippen LogP contribution < -0.4 is 5.32 Å². The molecule has 1 unspecified atom stereocenters. The van der Waals surface area contributed by atoms with Crippen LogP contribution in [-0.4, -0.2) is 10.1 Å². The van der Waals surface area contributed by atoms with Gasteiger partial charge < -0.3 is 9.84 Å². The molecule has 0 saturated carbocycles. The zero-order valence-corrected chi connectivity index (χ0v) is 10.5. The standard InChI is InChI=1S/C9H10BrN3OS/c1-6(9-12-5-8(10)15-9)11-4-7-2-3-14-13-7/h2-3,5-6,11H,4H2,1H3. The first kappa shape index (κ1) is 10.8. The van der Waals surface area contributed by atoms with Crippen molar-refractivity contribution in [3.8, 4) is 0 Å². The molecular weight excluding hydrogens is 278 g/mol. The molecule has 4 nitrogen and oxygen atoms in total. The minimum absolute atomic E-state index is 0.220. The predicted octanol–water partition coefficient (Wildman–Crippen LogP) is 2.74. The zero-order valence-electron chi connectivity index (χ0n) is 8.11. The Hall–Kier alpha value is -0.720. The fraction of sp³-hybridized carbons (Fsp3) is 0.333. The van der Waals surface area contributed by atoms with E-state index in [2.05, 4.69) is 38.3 Å². The Bertz CT molecular complexity index is 415. The summed E-state index contributed by atoms with van der Waals surface area (Å²) in [5.41, 5.74) is 0.900. The maximum atomic E-state index is 4.75. The number of thiazole rings is 1. The molecule has 2 heterocycles. The van der Waals surface area contributed by atoms with E-state index in [1.807, 2.05) is 12.3 Å². The van der Waals surface area contributed by atoms with Crippen LogP contribution >= 0.6 is 27.3 Å². The van der Waals surface area contributed by atoms with Crippen LogP contribution in [0.15, 0.2) is 26.8 Å². The minimum atomic E-state index is 0.220. The summed E-state index contributed by atoms with van der Waals surface area (Å²) in [5, 5.41) is 8.20. The molecule has 2 aromatic heterocycles. The summed E-state index contributed by atoms with van der Waals surface area (Å²) in [6.07, 6.45) is 3.38. The Morgan fingerprint density at radius 1 is 1.67 bits per heavy atom. The Labute approximate surface area is 99.8 Å². The summed E-state index contributed by atoms with van der Waals surface area (Å²) >= 11 is 5.02. The van der Waals surface area contributed by atoms with Crippen molar-refractivity contribution < 1.29 is 4.52 Å². The average molecular weight is 288 g/mol. The molecule has 2 rings (SSSR count). The smallest absolute Gasteiger partial charge is 0.124 e. The van der Waals surface area contributed by atoms with Crippen molar-refractivity contribution in [3.63, 3.8) is 0 Å². The Kier molecular flexibility index (Phi) is 3.50. The highest BCUT2D eigenvalue weighted by Crippen LogP contribution is 2.24. The molecule has 1 atom stereocenters. The van der Waals surface area contributed by atoms with Gasteiger partial charge in [-0.3, -0.25) is 0 Å². The first-order valence-corrected chi connectivity index (χ1v) is 6.10. The predicted molar refractivity (Wildman–Crippen MR) is 61.6 cm³/mol. The van der Waals surface area contributed by atoms with Gasteiger partial charge in [-0.1, -0.05) is 5.16 Å². The Morgan fingerprint density at radius 2 is 2.53 bits per heavy atom. The second kappa shape index (κ2) is 4.87. The summed E-state index contributed by atoms with van der Waals surface area (Å²) in [5.74, 6) is 0. The second-order valence-corrected chi connectivity index (χ2v) is 5.54. The van der Waals surface area contributed by atoms with E-state index in [9.17, 15) is 0 Å². The van der Waals surface area contributed by atoms with E-state index in [0.717, 1.165) is 14.5 Å². The van der Waals surface area contributed by atoms with Crippen molar-refractivity contribution in [1.29, 1.82) is 0 Å². The van der Waals surface area contributed by atoms with Crippen molar-refractivity contribution in [2.45, 2.75) is 19.5 Å². The van der Waals surface area contributed by atoms with Crippen molar-refractivity contribution in [2.75, 3.05) is 0 Å². The van der Waals surface area contributed by atoms with Gasteiger partial charge in [0.05, 0.1) is 21.7 Å². The van der Waals surface area contributed by atoms with Crippen LogP contribution in [0.2, 0.25) is 0 Å². The van der Waals surface area contributed by atoms with Crippen molar-refractivity contribution in [2.24, 2.45) is 0 Å². The third-order valence-corrected chi connectivity index (χ3v) is 3.61. The number of aromatic nitrogens is 2. The summed E-state index contributed by atoms with van der Waals surface area (Å²) in [4.78, 5) is 4.28. The summed E-state index contributed by atoms with van der Waals surface area (Å²) in [6.45, 7) is 2.76. The number of hydrogen-bond donors (Lipinski definition) is 1. The highest BCUT2D eigenvalue weighted by Gasteiger charge is 2.09. The van der Waals surface area contributed by atoms with Crippen LogP contribution in [0.3, 0.4) is 0 Å². The molecule has 0 saturated heterocycles. The highest BCUT2D eigenvalue weighted by atomic mass is 79.9. The molecule has 0 radical (unpaired) electrons. The number of rotatable bonds is 4. The molecule has 0 bridgehead atoms. The second-order valence-electron chi connectivity index (χ2n) is 3.10. The summed E-state index contributed by atoms with van der Waals surface area (Å²) in [6, 6.07) is 2.07. The molecular formula is C9H10BrN3OS. The molecule has 0 amide bonds.